The van der Waals surface area contributed by atoms with Crippen LogP contribution in [0.5, 0.6) is 0 Å². The van der Waals surface area contributed by atoms with Crippen LogP contribution in [0.15, 0.2) is 16.8 Å². The van der Waals surface area contributed by atoms with Gasteiger partial charge in [0.25, 0.3) is 0 Å². The molecule has 94 valence electrons. The molecule has 1 aliphatic heterocycles. The molecule has 2 heterocycles. The van der Waals surface area contributed by atoms with E-state index in [0.29, 0.717) is 13.0 Å². The molecule has 1 saturated heterocycles. The third kappa shape index (κ3) is 3.52. The minimum absolute atomic E-state index is 0.00993. The molecule has 0 radical (unpaired) electrons. The summed E-state index contributed by atoms with van der Waals surface area (Å²) in [5.74, 6) is -0.00993. The number of rotatable bonds is 4. The third-order valence-corrected chi connectivity index (χ3v) is 3.67. The Balaban J connectivity index is 1.78. The lowest BCUT2D eigenvalue weighted by Gasteiger charge is -2.16. The predicted octanol–water partition coefficient (Wildman–Crippen LogP) is 0.518. The molecule has 5 heteroatoms. The highest BCUT2D eigenvalue weighted by atomic mass is 32.1. The molecule has 1 fully saturated rings. The number of carbonyl (C=O) groups is 1. The molecule has 3 atom stereocenters. The van der Waals surface area contributed by atoms with Gasteiger partial charge in [0.05, 0.1) is 12.1 Å². The minimum Gasteiger partial charge on any atom is -0.392 e. The van der Waals surface area contributed by atoms with Gasteiger partial charge in [0.15, 0.2) is 0 Å². The van der Waals surface area contributed by atoms with Crippen molar-refractivity contribution in [1.29, 1.82) is 0 Å². The average Bonchev–Trinajstić information content (AvgIpc) is 2.89. The van der Waals surface area contributed by atoms with Gasteiger partial charge in [-0.2, -0.15) is 11.3 Å². The van der Waals surface area contributed by atoms with E-state index < -0.39 is 6.10 Å². The van der Waals surface area contributed by atoms with Crippen LogP contribution in [0.1, 0.15) is 18.9 Å². The summed E-state index contributed by atoms with van der Waals surface area (Å²) in [7, 11) is 0. The fourth-order valence-corrected chi connectivity index (χ4v) is 2.76. The van der Waals surface area contributed by atoms with Crippen LogP contribution in [0.2, 0.25) is 0 Å². The predicted molar refractivity (Wildman–Crippen MR) is 68.0 cm³/mol. The topological polar surface area (TPSA) is 61.4 Å². The number of aliphatic hydroxyl groups is 1. The Hall–Kier alpha value is -0.910. The zero-order valence-corrected chi connectivity index (χ0v) is 10.7. The van der Waals surface area contributed by atoms with Crippen molar-refractivity contribution in [1.82, 2.24) is 10.6 Å². The monoisotopic (exact) mass is 254 g/mol. The number of hydrogen-bond donors (Lipinski definition) is 3. The van der Waals surface area contributed by atoms with Gasteiger partial charge in [-0.25, -0.2) is 0 Å². The molecule has 1 aromatic heterocycles. The zero-order valence-electron chi connectivity index (χ0n) is 9.85. The lowest BCUT2D eigenvalue weighted by Crippen LogP contribution is -2.44. The highest BCUT2D eigenvalue weighted by Gasteiger charge is 2.28. The van der Waals surface area contributed by atoms with Crippen molar-refractivity contribution in [3.8, 4) is 0 Å². The van der Waals surface area contributed by atoms with E-state index in [1.807, 2.05) is 12.3 Å². The number of amides is 1. The molecule has 3 N–H and O–H groups in total. The van der Waals surface area contributed by atoms with Gasteiger partial charge in [0.2, 0.25) is 5.91 Å². The largest absolute Gasteiger partial charge is 0.392 e. The summed E-state index contributed by atoms with van der Waals surface area (Å²) in [6.07, 6.45) is 0.972. The number of β-amino-alcohol motifs (C(OH)–C–C–N with tert-alkyl or cyclic N) is 1. The van der Waals surface area contributed by atoms with Gasteiger partial charge < -0.3 is 15.7 Å². The lowest BCUT2D eigenvalue weighted by molar-refractivity contribution is -0.123. The van der Waals surface area contributed by atoms with E-state index in [-0.39, 0.29) is 18.0 Å². The van der Waals surface area contributed by atoms with Crippen molar-refractivity contribution in [3.63, 3.8) is 0 Å². The molecule has 4 nitrogen and oxygen atoms in total. The van der Waals surface area contributed by atoms with E-state index >= 15 is 0 Å². The quantitative estimate of drug-likeness (QED) is 0.734. The molecule has 1 amide bonds. The smallest absolute Gasteiger partial charge is 0.237 e. The summed E-state index contributed by atoms with van der Waals surface area (Å²) in [5.41, 5.74) is 1.25. The van der Waals surface area contributed by atoms with E-state index in [1.54, 1.807) is 11.3 Å². The van der Waals surface area contributed by atoms with E-state index in [2.05, 4.69) is 22.1 Å². The molecule has 0 spiro atoms. The van der Waals surface area contributed by atoms with Crippen molar-refractivity contribution in [2.75, 3.05) is 6.54 Å². The maximum absolute atomic E-state index is 11.8. The molecular formula is C12H18N2O2S. The lowest BCUT2D eigenvalue weighted by atomic mass is 10.1. The van der Waals surface area contributed by atoms with Crippen molar-refractivity contribution >= 4 is 17.2 Å². The molecule has 0 aromatic carbocycles. The molecular weight excluding hydrogens is 236 g/mol. The summed E-state index contributed by atoms with van der Waals surface area (Å²) in [6.45, 7) is 2.51. The molecule has 0 saturated carbocycles. The van der Waals surface area contributed by atoms with Crippen LogP contribution in [0.25, 0.3) is 0 Å². The molecule has 2 rings (SSSR count). The van der Waals surface area contributed by atoms with Gasteiger partial charge in [0, 0.05) is 12.6 Å². The maximum Gasteiger partial charge on any atom is 0.237 e. The molecule has 3 unspecified atom stereocenters. The van der Waals surface area contributed by atoms with Crippen LogP contribution < -0.4 is 10.6 Å². The Bertz CT molecular complexity index is 367. The number of carbonyl (C=O) groups excluding carboxylic acids is 1. The second-order valence-corrected chi connectivity index (χ2v) is 5.38. The van der Waals surface area contributed by atoms with Crippen molar-refractivity contribution in [2.24, 2.45) is 0 Å². The van der Waals surface area contributed by atoms with Gasteiger partial charge in [-0.05, 0) is 42.2 Å². The van der Waals surface area contributed by atoms with Gasteiger partial charge >= 0.3 is 0 Å². The van der Waals surface area contributed by atoms with Gasteiger partial charge in [0.1, 0.15) is 0 Å². The summed E-state index contributed by atoms with van der Waals surface area (Å²) < 4.78 is 0. The Labute approximate surface area is 105 Å². The highest BCUT2D eigenvalue weighted by Crippen LogP contribution is 2.10. The maximum atomic E-state index is 11.8. The Morgan fingerprint density at radius 3 is 3.18 bits per heavy atom. The summed E-state index contributed by atoms with van der Waals surface area (Å²) in [5, 5.41) is 19.5. The standard InChI is InChI=1S/C12H18N2O2S/c1-8(4-9-2-3-17-7-9)14-12(16)11-5-10(15)6-13-11/h2-3,7-8,10-11,13,15H,4-6H2,1H3,(H,14,16). The van der Waals surface area contributed by atoms with Crippen LogP contribution in [0, 0.1) is 0 Å². The SMILES string of the molecule is CC(Cc1ccsc1)NC(=O)C1CC(O)CN1. The van der Waals surface area contributed by atoms with Gasteiger partial charge in [-0.1, -0.05) is 0 Å². The first-order chi connectivity index (χ1) is 8.15. The second-order valence-electron chi connectivity index (χ2n) is 4.60. The highest BCUT2D eigenvalue weighted by molar-refractivity contribution is 7.07. The first-order valence-corrected chi connectivity index (χ1v) is 6.82. The Morgan fingerprint density at radius 2 is 2.59 bits per heavy atom. The van der Waals surface area contributed by atoms with Crippen LogP contribution in [-0.2, 0) is 11.2 Å². The van der Waals surface area contributed by atoms with Crippen LogP contribution in [-0.4, -0.2) is 35.7 Å². The van der Waals surface area contributed by atoms with E-state index in [1.165, 1.54) is 5.56 Å². The summed E-state index contributed by atoms with van der Waals surface area (Å²) >= 11 is 1.67. The Morgan fingerprint density at radius 1 is 1.76 bits per heavy atom. The van der Waals surface area contributed by atoms with Crippen LogP contribution >= 0.6 is 11.3 Å². The van der Waals surface area contributed by atoms with Crippen molar-refractivity contribution in [2.45, 2.75) is 38.0 Å². The summed E-state index contributed by atoms with van der Waals surface area (Å²) in [4.78, 5) is 11.8. The Kier molecular flexibility index (Phi) is 4.15. The zero-order chi connectivity index (χ0) is 12.3. The minimum atomic E-state index is -0.391. The molecule has 17 heavy (non-hydrogen) atoms. The van der Waals surface area contributed by atoms with E-state index in [0.717, 1.165) is 6.42 Å². The van der Waals surface area contributed by atoms with Crippen LogP contribution in [0.3, 0.4) is 0 Å². The number of nitrogens with one attached hydrogen (secondary N) is 2. The fraction of sp³-hybridized carbons (Fsp3) is 0.583. The first-order valence-electron chi connectivity index (χ1n) is 5.88. The number of thiophene rings is 1. The van der Waals surface area contributed by atoms with Crippen molar-refractivity contribution in [3.05, 3.63) is 22.4 Å². The van der Waals surface area contributed by atoms with Crippen LogP contribution in [0.4, 0.5) is 0 Å². The summed E-state index contributed by atoms with van der Waals surface area (Å²) in [6, 6.07) is 1.96. The number of aliphatic hydroxyl groups excluding tert-OH is 1. The second kappa shape index (κ2) is 5.62. The fourth-order valence-electron chi connectivity index (χ4n) is 2.07. The van der Waals surface area contributed by atoms with E-state index in [4.69, 9.17) is 0 Å². The molecule has 0 bridgehead atoms. The van der Waals surface area contributed by atoms with Gasteiger partial charge in [-0.15, -0.1) is 0 Å². The molecule has 1 aromatic rings. The van der Waals surface area contributed by atoms with Crippen molar-refractivity contribution < 1.29 is 9.90 Å². The third-order valence-electron chi connectivity index (χ3n) is 2.93. The molecule has 0 aliphatic carbocycles. The first kappa shape index (κ1) is 12.5. The van der Waals surface area contributed by atoms with E-state index in [9.17, 15) is 9.90 Å². The molecule has 1 aliphatic rings. The number of hydrogen-bond acceptors (Lipinski definition) is 4. The normalized spacial score (nSPS) is 25.8. The van der Waals surface area contributed by atoms with Gasteiger partial charge in [-0.3, -0.25) is 4.79 Å². The average molecular weight is 254 g/mol.